The minimum atomic E-state index is -3.48. The first-order chi connectivity index (χ1) is 15.8. The molecule has 0 aromatic heterocycles. The number of amides is 2. The van der Waals surface area contributed by atoms with E-state index in [0.717, 1.165) is 24.3 Å². The summed E-state index contributed by atoms with van der Waals surface area (Å²) in [6, 6.07) is 14.0. The van der Waals surface area contributed by atoms with Crippen LogP contribution < -0.4 is 14.9 Å². The highest BCUT2D eigenvalue weighted by Crippen LogP contribution is 2.19. The number of morpholine rings is 1. The molecule has 1 heterocycles. The van der Waals surface area contributed by atoms with Gasteiger partial charge in [0.25, 0.3) is 0 Å². The van der Waals surface area contributed by atoms with E-state index in [9.17, 15) is 18.0 Å². The fraction of sp³-hybridized carbons (Fsp3) is 0.391. The van der Waals surface area contributed by atoms with Crippen molar-refractivity contribution >= 4 is 33.2 Å². The molecule has 1 saturated heterocycles. The quantitative estimate of drug-likeness (QED) is 0.570. The molecular formula is C23H30N4O5S. The number of sulfonamides is 1. The molecule has 0 radical (unpaired) electrons. The number of carbonyl (C=O) groups excluding carboxylic acids is 2. The van der Waals surface area contributed by atoms with E-state index in [1.54, 1.807) is 19.2 Å². The summed E-state index contributed by atoms with van der Waals surface area (Å²) < 4.78 is 31.2. The first-order valence-corrected chi connectivity index (χ1v) is 12.3. The maximum Gasteiger partial charge on any atom is 0.243 e. The Labute approximate surface area is 194 Å². The molecule has 2 N–H and O–H groups in total. The Balaban J connectivity index is 1.44. The molecule has 1 aliphatic heterocycles. The van der Waals surface area contributed by atoms with Crippen LogP contribution in [0, 0.1) is 0 Å². The normalized spacial score (nSPS) is 14.1. The van der Waals surface area contributed by atoms with Crippen LogP contribution in [0.1, 0.15) is 12.0 Å². The maximum absolute atomic E-state index is 12.4. The number of nitrogens with zero attached hydrogens (tertiary/aromatic N) is 2. The molecule has 1 aliphatic rings. The van der Waals surface area contributed by atoms with E-state index in [1.165, 1.54) is 24.1 Å². The fourth-order valence-corrected chi connectivity index (χ4v) is 4.21. The molecule has 178 valence electrons. The lowest BCUT2D eigenvalue weighted by molar-refractivity contribution is -0.133. The molecule has 0 atom stereocenters. The number of ether oxygens (including phenoxy) is 1. The highest BCUT2D eigenvalue weighted by molar-refractivity contribution is 7.89. The summed E-state index contributed by atoms with van der Waals surface area (Å²) in [6.45, 7) is 3.06. The molecule has 2 amide bonds. The number of hydrogen-bond acceptors (Lipinski definition) is 6. The van der Waals surface area contributed by atoms with Gasteiger partial charge in [0.15, 0.2) is 0 Å². The zero-order chi connectivity index (χ0) is 23.8. The van der Waals surface area contributed by atoms with Crippen molar-refractivity contribution in [1.82, 2.24) is 9.62 Å². The fourth-order valence-electron chi connectivity index (χ4n) is 3.48. The van der Waals surface area contributed by atoms with Crippen LogP contribution in [0.25, 0.3) is 0 Å². The predicted molar refractivity (Wildman–Crippen MR) is 127 cm³/mol. The largest absolute Gasteiger partial charge is 0.378 e. The van der Waals surface area contributed by atoms with E-state index in [2.05, 4.69) is 14.9 Å². The van der Waals surface area contributed by atoms with Crippen molar-refractivity contribution in [1.29, 1.82) is 0 Å². The molecule has 10 heteroatoms. The van der Waals surface area contributed by atoms with Gasteiger partial charge in [-0.1, -0.05) is 12.1 Å². The molecule has 2 aromatic carbocycles. The number of rotatable bonds is 9. The van der Waals surface area contributed by atoms with E-state index >= 15 is 0 Å². The molecule has 1 fully saturated rings. The molecule has 33 heavy (non-hydrogen) atoms. The van der Waals surface area contributed by atoms with Gasteiger partial charge in [0, 0.05) is 37.9 Å². The SMILES string of the molecule is CNS(=O)(=O)c1ccc(CCC(=O)N(C)CC(=O)Nc2ccc(N3CCOCC3)cc2)cc1. The molecule has 0 bridgehead atoms. The van der Waals surface area contributed by atoms with Crippen LogP contribution in [0.2, 0.25) is 0 Å². The zero-order valence-electron chi connectivity index (χ0n) is 18.9. The minimum Gasteiger partial charge on any atom is -0.378 e. The molecule has 0 spiro atoms. The van der Waals surface area contributed by atoms with Gasteiger partial charge in [0.2, 0.25) is 21.8 Å². The predicted octanol–water partition coefficient (Wildman–Crippen LogP) is 1.46. The number of hydrogen-bond donors (Lipinski definition) is 2. The van der Waals surface area contributed by atoms with Gasteiger partial charge in [0.05, 0.1) is 24.7 Å². The van der Waals surface area contributed by atoms with E-state index in [4.69, 9.17) is 4.74 Å². The number of nitrogens with one attached hydrogen (secondary N) is 2. The summed E-state index contributed by atoms with van der Waals surface area (Å²) in [6.07, 6.45) is 0.670. The van der Waals surface area contributed by atoms with Crippen LogP contribution in [-0.4, -0.2) is 72.1 Å². The number of carbonyl (C=O) groups is 2. The van der Waals surface area contributed by atoms with Gasteiger partial charge in [-0.3, -0.25) is 9.59 Å². The maximum atomic E-state index is 12.4. The van der Waals surface area contributed by atoms with Crippen molar-refractivity contribution < 1.29 is 22.7 Å². The van der Waals surface area contributed by atoms with Gasteiger partial charge < -0.3 is 19.9 Å². The average Bonchev–Trinajstić information content (AvgIpc) is 2.83. The van der Waals surface area contributed by atoms with Crippen molar-refractivity contribution in [3.05, 3.63) is 54.1 Å². The average molecular weight is 475 g/mol. The molecule has 3 rings (SSSR count). The smallest absolute Gasteiger partial charge is 0.243 e. The molecule has 0 aliphatic carbocycles. The summed E-state index contributed by atoms with van der Waals surface area (Å²) in [5, 5.41) is 2.82. The van der Waals surface area contributed by atoms with E-state index in [1.807, 2.05) is 24.3 Å². The van der Waals surface area contributed by atoms with Crippen LogP contribution in [0.3, 0.4) is 0 Å². The van der Waals surface area contributed by atoms with Gasteiger partial charge in [0.1, 0.15) is 0 Å². The van der Waals surface area contributed by atoms with E-state index < -0.39 is 10.0 Å². The lowest BCUT2D eigenvalue weighted by Crippen LogP contribution is -2.36. The van der Waals surface area contributed by atoms with E-state index in [-0.39, 0.29) is 29.7 Å². The summed E-state index contributed by atoms with van der Waals surface area (Å²) in [7, 11) is -0.539. The molecule has 9 nitrogen and oxygen atoms in total. The van der Waals surface area contributed by atoms with Crippen molar-refractivity contribution in [2.75, 3.05) is 57.2 Å². The number of likely N-dealkylation sites (N-methyl/N-ethyl adjacent to an activating group) is 1. The van der Waals surface area contributed by atoms with Crippen LogP contribution in [-0.2, 0) is 30.8 Å². The third-order valence-corrected chi connectivity index (χ3v) is 6.89. The highest BCUT2D eigenvalue weighted by atomic mass is 32.2. The Morgan fingerprint density at radius 1 is 1.03 bits per heavy atom. The number of anilines is 2. The Morgan fingerprint density at radius 3 is 2.27 bits per heavy atom. The summed E-state index contributed by atoms with van der Waals surface area (Å²) in [5.41, 5.74) is 2.60. The van der Waals surface area contributed by atoms with Gasteiger partial charge >= 0.3 is 0 Å². The van der Waals surface area contributed by atoms with Crippen molar-refractivity contribution in [3.63, 3.8) is 0 Å². The van der Waals surface area contributed by atoms with Gasteiger partial charge in [-0.15, -0.1) is 0 Å². The summed E-state index contributed by atoms with van der Waals surface area (Å²) >= 11 is 0. The third-order valence-electron chi connectivity index (χ3n) is 5.46. The van der Waals surface area contributed by atoms with Gasteiger partial charge in [-0.2, -0.15) is 0 Å². The Hall–Kier alpha value is -2.95. The van der Waals surface area contributed by atoms with Gasteiger partial charge in [-0.05, 0) is 55.4 Å². The van der Waals surface area contributed by atoms with E-state index in [0.29, 0.717) is 25.3 Å². The first kappa shape index (κ1) is 24.7. The molecule has 0 saturated carbocycles. The molecule has 2 aromatic rings. The summed E-state index contributed by atoms with van der Waals surface area (Å²) in [4.78, 5) is 28.6. The highest BCUT2D eigenvalue weighted by Gasteiger charge is 2.15. The first-order valence-electron chi connectivity index (χ1n) is 10.8. The Kier molecular flexibility index (Phi) is 8.43. The number of benzene rings is 2. The summed E-state index contributed by atoms with van der Waals surface area (Å²) in [5.74, 6) is -0.439. The zero-order valence-corrected chi connectivity index (χ0v) is 19.7. The second kappa shape index (κ2) is 11.3. The van der Waals surface area contributed by atoms with Crippen molar-refractivity contribution in [3.8, 4) is 0 Å². The van der Waals surface area contributed by atoms with Crippen LogP contribution >= 0.6 is 0 Å². The monoisotopic (exact) mass is 474 g/mol. The second-order valence-corrected chi connectivity index (χ2v) is 9.68. The van der Waals surface area contributed by atoms with Crippen molar-refractivity contribution in [2.45, 2.75) is 17.7 Å². The van der Waals surface area contributed by atoms with Gasteiger partial charge in [-0.25, -0.2) is 13.1 Å². The Bertz CT molecular complexity index is 1050. The standard InChI is InChI=1S/C23H30N4O5S/c1-24-33(30,31)21-10-3-18(4-11-21)5-12-23(29)26(2)17-22(28)25-19-6-8-20(9-7-19)27-13-15-32-16-14-27/h3-4,6-11,24H,5,12-17H2,1-2H3,(H,25,28). The number of aryl methyl sites for hydroxylation is 1. The Morgan fingerprint density at radius 2 is 1.67 bits per heavy atom. The van der Waals surface area contributed by atoms with Crippen LogP contribution in [0.4, 0.5) is 11.4 Å². The third kappa shape index (κ3) is 7.01. The minimum absolute atomic E-state index is 0.0522. The molecule has 0 unspecified atom stereocenters. The second-order valence-electron chi connectivity index (χ2n) is 7.80. The lowest BCUT2D eigenvalue weighted by Gasteiger charge is -2.28. The lowest BCUT2D eigenvalue weighted by atomic mass is 10.1. The van der Waals surface area contributed by atoms with Crippen molar-refractivity contribution in [2.24, 2.45) is 0 Å². The molecular weight excluding hydrogens is 444 g/mol. The van der Waals surface area contributed by atoms with Crippen LogP contribution in [0.5, 0.6) is 0 Å². The van der Waals surface area contributed by atoms with Crippen LogP contribution in [0.15, 0.2) is 53.4 Å². The topological polar surface area (TPSA) is 108 Å².